The summed E-state index contributed by atoms with van der Waals surface area (Å²) in [5, 5.41) is 23.3. The quantitative estimate of drug-likeness (QED) is 0.509. The van der Waals surface area contributed by atoms with Crippen LogP contribution in [0.25, 0.3) is 0 Å². The molecule has 112 valence electrons. The molecule has 1 amide bonds. The van der Waals surface area contributed by atoms with Crippen molar-refractivity contribution in [3.8, 4) is 0 Å². The van der Waals surface area contributed by atoms with Crippen LogP contribution in [-0.4, -0.2) is 46.7 Å². The largest absolute Gasteiger partial charge is 0.480 e. The highest BCUT2D eigenvalue weighted by Crippen LogP contribution is 2.08. The minimum absolute atomic E-state index is 0.378. The van der Waals surface area contributed by atoms with Gasteiger partial charge in [0.2, 0.25) is 0 Å². The predicted octanol–water partition coefficient (Wildman–Crippen LogP) is 0.672. The Morgan fingerprint density at radius 3 is 2.32 bits per heavy atom. The number of carboxylic acid groups (broad SMARTS) is 1. The molecule has 0 fully saturated rings. The average molecular weight is 276 g/mol. The second-order valence-electron chi connectivity index (χ2n) is 5.26. The minimum atomic E-state index is -1.14. The van der Waals surface area contributed by atoms with E-state index in [4.69, 9.17) is 9.84 Å². The zero-order valence-corrected chi connectivity index (χ0v) is 11.9. The average Bonchev–Trinajstić information content (AvgIpc) is 2.22. The van der Waals surface area contributed by atoms with Crippen LogP contribution in [0.5, 0.6) is 0 Å². The van der Waals surface area contributed by atoms with E-state index in [1.165, 1.54) is 0 Å². The lowest BCUT2D eigenvalue weighted by molar-refractivity contribution is -0.136. The van der Waals surface area contributed by atoms with Gasteiger partial charge >= 0.3 is 12.1 Å². The van der Waals surface area contributed by atoms with Crippen molar-refractivity contribution in [1.29, 1.82) is 0 Å². The van der Waals surface area contributed by atoms with Crippen LogP contribution in [-0.2, 0) is 9.53 Å². The summed E-state index contributed by atoms with van der Waals surface area (Å²) in [6.45, 7) is 6.73. The van der Waals surface area contributed by atoms with Crippen molar-refractivity contribution in [3.63, 3.8) is 0 Å². The normalized spacial score (nSPS) is 14.6. The maximum absolute atomic E-state index is 11.6. The number of amides is 1. The molecule has 0 rings (SSSR count). The van der Waals surface area contributed by atoms with Crippen LogP contribution in [0.3, 0.4) is 0 Å². The Bertz CT molecular complexity index is 301. The van der Waals surface area contributed by atoms with E-state index < -0.39 is 29.9 Å². The topological polar surface area (TPSA) is 108 Å². The van der Waals surface area contributed by atoms with Gasteiger partial charge in [-0.2, -0.15) is 0 Å². The lowest BCUT2D eigenvalue weighted by atomic mass is 10.1. The third-order valence-corrected chi connectivity index (χ3v) is 2.15. The monoisotopic (exact) mass is 276 g/mol. The smallest absolute Gasteiger partial charge is 0.408 e. The van der Waals surface area contributed by atoms with E-state index in [1.807, 2.05) is 6.92 Å². The molecule has 19 heavy (non-hydrogen) atoms. The van der Waals surface area contributed by atoms with Gasteiger partial charge in [-0.15, -0.1) is 0 Å². The highest BCUT2D eigenvalue weighted by atomic mass is 16.6. The molecule has 0 aliphatic rings. The van der Waals surface area contributed by atoms with Gasteiger partial charge in [0.1, 0.15) is 11.8 Å². The summed E-state index contributed by atoms with van der Waals surface area (Å²) in [7, 11) is 0. The van der Waals surface area contributed by atoms with E-state index in [-0.39, 0.29) is 6.54 Å². The number of aliphatic hydroxyl groups is 1. The molecule has 0 radical (unpaired) electrons. The van der Waals surface area contributed by atoms with Gasteiger partial charge in [0.05, 0.1) is 12.6 Å². The van der Waals surface area contributed by atoms with Crippen LogP contribution in [0, 0.1) is 0 Å². The minimum Gasteiger partial charge on any atom is -0.480 e. The second kappa shape index (κ2) is 7.96. The Balaban J connectivity index is 4.38. The summed E-state index contributed by atoms with van der Waals surface area (Å²) in [4.78, 5) is 22.0. The van der Waals surface area contributed by atoms with Crippen molar-refractivity contribution in [2.75, 3.05) is 6.54 Å². The van der Waals surface area contributed by atoms with Crippen LogP contribution in [0.15, 0.2) is 0 Å². The maximum atomic E-state index is 11.6. The van der Waals surface area contributed by atoms with Crippen LogP contribution < -0.4 is 10.6 Å². The molecule has 0 aromatic heterocycles. The number of carboxylic acids is 1. The molecule has 0 heterocycles. The van der Waals surface area contributed by atoms with Gasteiger partial charge in [-0.1, -0.05) is 13.3 Å². The van der Waals surface area contributed by atoms with Gasteiger partial charge in [0, 0.05) is 0 Å². The third-order valence-electron chi connectivity index (χ3n) is 2.15. The second-order valence-corrected chi connectivity index (χ2v) is 5.26. The number of hydrogen-bond acceptors (Lipinski definition) is 5. The van der Waals surface area contributed by atoms with Gasteiger partial charge in [-0.05, 0) is 27.2 Å². The van der Waals surface area contributed by atoms with E-state index in [2.05, 4.69) is 10.6 Å². The first-order valence-corrected chi connectivity index (χ1v) is 6.28. The first-order chi connectivity index (χ1) is 8.65. The predicted molar refractivity (Wildman–Crippen MR) is 69.7 cm³/mol. The number of aliphatic carboxylic acids is 1. The molecule has 7 nitrogen and oxygen atoms in total. The third kappa shape index (κ3) is 9.26. The summed E-state index contributed by atoms with van der Waals surface area (Å²) < 4.78 is 5.09. The van der Waals surface area contributed by atoms with Crippen LogP contribution in [0.2, 0.25) is 0 Å². The fraction of sp³-hybridized carbons (Fsp3) is 0.833. The molecule has 0 spiro atoms. The lowest BCUT2D eigenvalue weighted by Gasteiger charge is -2.26. The number of hydrogen-bond donors (Lipinski definition) is 4. The zero-order valence-electron chi connectivity index (χ0n) is 11.9. The van der Waals surface area contributed by atoms with Crippen molar-refractivity contribution in [1.82, 2.24) is 10.6 Å². The Labute approximate surface area is 113 Å². The molecular formula is C12H24N2O5. The molecule has 0 aromatic carbocycles. The number of carbonyl (C=O) groups is 2. The lowest BCUT2D eigenvalue weighted by Crippen LogP contribution is -2.52. The molecule has 0 saturated carbocycles. The number of alkyl carbamates (subject to hydrolysis) is 1. The number of carbonyl (C=O) groups excluding carboxylic acids is 1. The SMILES string of the molecule is CCCC(NC(=O)OC(C)(C)C)C(O)NCC(=O)O. The van der Waals surface area contributed by atoms with Gasteiger partial charge in [-0.25, -0.2) is 4.79 Å². The van der Waals surface area contributed by atoms with Crippen LogP contribution in [0.4, 0.5) is 4.79 Å². The van der Waals surface area contributed by atoms with Gasteiger partial charge in [0.25, 0.3) is 0 Å². The molecule has 0 aliphatic carbocycles. The van der Waals surface area contributed by atoms with Crippen molar-refractivity contribution < 1.29 is 24.5 Å². The highest BCUT2D eigenvalue weighted by Gasteiger charge is 2.24. The first kappa shape index (κ1) is 17.7. The van der Waals surface area contributed by atoms with Gasteiger partial charge in [0.15, 0.2) is 0 Å². The zero-order chi connectivity index (χ0) is 15.1. The fourth-order valence-corrected chi connectivity index (χ4v) is 1.41. The Hall–Kier alpha value is -1.34. The molecule has 0 aromatic rings. The van der Waals surface area contributed by atoms with E-state index in [9.17, 15) is 14.7 Å². The number of rotatable bonds is 7. The Morgan fingerprint density at radius 2 is 1.89 bits per heavy atom. The van der Waals surface area contributed by atoms with Crippen LogP contribution >= 0.6 is 0 Å². The number of ether oxygens (including phenoxy) is 1. The van der Waals surface area contributed by atoms with Gasteiger partial charge in [-0.3, -0.25) is 10.1 Å². The molecule has 2 atom stereocenters. The Kier molecular flexibility index (Phi) is 7.40. The van der Waals surface area contributed by atoms with Crippen molar-refractivity contribution in [3.05, 3.63) is 0 Å². The molecule has 0 saturated heterocycles. The van der Waals surface area contributed by atoms with Crippen LogP contribution in [0.1, 0.15) is 40.5 Å². The molecular weight excluding hydrogens is 252 g/mol. The summed E-state index contributed by atoms with van der Waals surface area (Å²) in [6.07, 6.45) is -0.537. The summed E-state index contributed by atoms with van der Waals surface area (Å²) >= 11 is 0. The van der Waals surface area contributed by atoms with E-state index in [0.717, 1.165) is 6.42 Å². The van der Waals surface area contributed by atoms with Crippen molar-refractivity contribution >= 4 is 12.1 Å². The fourth-order valence-electron chi connectivity index (χ4n) is 1.41. The van der Waals surface area contributed by atoms with Crippen molar-refractivity contribution in [2.24, 2.45) is 0 Å². The molecule has 0 aliphatic heterocycles. The number of nitrogens with one attached hydrogen (secondary N) is 2. The number of aliphatic hydroxyl groups excluding tert-OH is 1. The molecule has 0 bridgehead atoms. The van der Waals surface area contributed by atoms with Gasteiger partial charge < -0.3 is 20.3 Å². The van der Waals surface area contributed by atoms with E-state index >= 15 is 0 Å². The molecule has 4 N–H and O–H groups in total. The standard InChI is InChI=1S/C12H24N2O5/c1-5-6-8(10(17)13-7-9(15)16)14-11(18)19-12(2,3)4/h8,10,13,17H,5-7H2,1-4H3,(H,14,18)(H,15,16). The summed E-state index contributed by atoms with van der Waals surface area (Å²) in [5.41, 5.74) is -0.625. The maximum Gasteiger partial charge on any atom is 0.408 e. The summed E-state index contributed by atoms with van der Waals surface area (Å²) in [6, 6.07) is -0.598. The molecule has 7 heteroatoms. The highest BCUT2D eigenvalue weighted by molar-refractivity contribution is 5.69. The first-order valence-electron chi connectivity index (χ1n) is 6.28. The molecule has 2 unspecified atom stereocenters. The Morgan fingerprint density at radius 1 is 1.32 bits per heavy atom. The summed E-state index contributed by atoms with van der Waals surface area (Å²) in [5.74, 6) is -1.08. The van der Waals surface area contributed by atoms with Crippen molar-refractivity contribution in [2.45, 2.75) is 58.4 Å². The van der Waals surface area contributed by atoms with E-state index in [1.54, 1.807) is 20.8 Å². The van der Waals surface area contributed by atoms with E-state index in [0.29, 0.717) is 6.42 Å².